The molecular formula is C12H16N2OS2. The van der Waals surface area contributed by atoms with Crippen LogP contribution < -0.4 is 5.32 Å². The molecule has 0 aliphatic rings. The highest BCUT2D eigenvalue weighted by Gasteiger charge is 2.17. The number of ether oxygens (including phenoxy) is 1. The number of aryl methyl sites for hydroxylation is 1. The number of hydrogen-bond acceptors (Lipinski definition) is 5. The number of thiophene rings is 1. The summed E-state index contributed by atoms with van der Waals surface area (Å²) in [5.41, 5.74) is 1.08. The number of thiazole rings is 1. The van der Waals surface area contributed by atoms with Gasteiger partial charge in [0.15, 0.2) is 0 Å². The number of hydrogen-bond donors (Lipinski definition) is 1. The van der Waals surface area contributed by atoms with Crippen LogP contribution in [0.4, 0.5) is 0 Å². The fourth-order valence-electron chi connectivity index (χ4n) is 1.58. The van der Waals surface area contributed by atoms with E-state index in [0.29, 0.717) is 6.61 Å². The van der Waals surface area contributed by atoms with Crippen molar-refractivity contribution < 1.29 is 4.74 Å². The molecule has 2 heterocycles. The average molecular weight is 268 g/mol. The maximum Gasteiger partial charge on any atom is 0.115 e. The summed E-state index contributed by atoms with van der Waals surface area (Å²) in [6.45, 7) is 3.57. The standard InChI is InChI=1S/C12H16N2OS2/c1-9-8-17-12(14-9)11(13-5-6-15-2)10-4-3-7-16-10/h3-4,7-8,11,13H,5-6H2,1-2H3. The Morgan fingerprint density at radius 1 is 1.47 bits per heavy atom. The van der Waals surface area contributed by atoms with Crippen molar-refractivity contribution in [2.24, 2.45) is 0 Å². The third-order valence-corrected chi connectivity index (χ3v) is 4.33. The molecule has 0 aromatic carbocycles. The molecule has 2 rings (SSSR count). The Kier molecular flexibility index (Phi) is 4.67. The summed E-state index contributed by atoms with van der Waals surface area (Å²) in [7, 11) is 1.72. The fraction of sp³-hybridized carbons (Fsp3) is 0.417. The summed E-state index contributed by atoms with van der Waals surface area (Å²) in [6, 6.07) is 4.42. The highest BCUT2D eigenvalue weighted by Crippen LogP contribution is 2.28. The van der Waals surface area contributed by atoms with Crippen molar-refractivity contribution in [1.29, 1.82) is 0 Å². The summed E-state index contributed by atoms with van der Waals surface area (Å²) in [4.78, 5) is 5.87. The molecule has 0 amide bonds. The molecule has 0 radical (unpaired) electrons. The topological polar surface area (TPSA) is 34.1 Å². The molecule has 0 aliphatic carbocycles. The van der Waals surface area contributed by atoms with Gasteiger partial charge in [-0.15, -0.1) is 22.7 Å². The predicted octanol–water partition coefficient (Wildman–Crippen LogP) is 2.84. The fourth-order valence-corrected chi connectivity index (χ4v) is 3.34. The first-order valence-electron chi connectivity index (χ1n) is 5.49. The monoisotopic (exact) mass is 268 g/mol. The quantitative estimate of drug-likeness (QED) is 0.818. The van der Waals surface area contributed by atoms with Crippen LogP contribution in [0.15, 0.2) is 22.9 Å². The van der Waals surface area contributed by atoms with Gasteiger partial charge in [-0.05, 0) is 18.4 Å². The molecule has 0 saturated carbocycles. The van der Waals surface area contributed by atoms with Crippen LogP contribution in [0.25, 0.3) is 0 Å². The van der Waals surface area contributed by atoms with E-state index in [2.05, 4.69) is 33.2 Å². The van der Waals surface area contributed by atoms with Gasteiger partial charge in [0.25, 0.3) is 0 Å². The summed E-state index contributed by atoms with van der Waals surface area (Å²) in [5.74, 6) is 0. The van der Waals surface area contributed by atoms with E-state index in [0.717, 1.165) is 17.2 Å². The van der Waals surface area contributed by atoms with Gasteiger partial charge in [0.2, 0.25) is 0 Å². The molecule has 1 unspecified atom stereocenters. The van der Waals surface area contributed by atoms with Gasteiger partial charge < -0.3 is 10.1 Å². The smallest absolute Gasteiger partial charge is 0.115 e. The second-order valence-electron chi connectivity index (χ2n) is 3.72. The molecule has 1 atom stereocenters. The van der Waals surface area contributed by atoms with Gasteiger partial charge in [-0.2, -0.15) is 0 Å². The summed E-state index contributed by atoms with van der Waals surface area (Å²) < 4.78 is 5.07. The van der Waals surface area contributed by atoms with E-state index in [1.54, 1.807) is 29.8 Å². The summed E-state index contributed by atoms with van der Waals surface area (Å²) in [5, 5.41) is 8.80. The number of rotatable bonds is 6. The van der Waals surface area contributed by atoms with E-state index in [1.807, 2.05) is 6.92 Å². The van der Waals surface area contributed by atoms with Crippen LogP contribution in [0.1, 0.15) is 21.6 Å². The minimum atomic E-state index is 0.198. The van der Waals surface area contributed by atoms with Crippen LogP contribution in [-0.4, -0.2) is 25.2 Å². The first-order valence-corrected chi connectivity index (χ1v) is 7.25. The largest absolute Gasteiger partial charge is 0.383 e. The molecule has 0 spiro atoms. The Morgan fingerprint density at radius 3 is 2.94 bits per heavy atom. The molecule has 0 fully saturated rings. The minimum absolute atomic E-state index is 0.198. The van der Waals surface area contributed by atoms with Crippen LogP contribution in [0.5, 0.6) is 0 Å². The maximum atomic E-state index is 5.07. The molecule has 1 N–H and O–H groups in total. The molecule has 17 heavy (non-hydrogen) atoms. The van der Waals surface area contributed by atoms with Gasteiger partial charge in [-0.1, -0.05) is 6.07 Å². The van der Waals surface area contributed by atoms with Gasteiger partial charge in [0, 0.05) is 29.6 Å². The number of methoxy groups -OCH3 is 1. The van der Waals surface area contributed by atoms with E-state index < -0.39 is 0 Å². The SMILES string of the molecule is COCCNC(c1cccs1)c1nc(C)cs1. The van der Waals surface area contributed by atoms with Crippen LogP contribution in [-0.2, 0) is 4.74 Å². The maximum absolute atomic E-state index is 5.07. The van der Waals surface area contributed by atoms with Crippen molar-refractivity contribution in [3.8, 4) is 0 Å². The van der Waals surface area contributed by atoms with Crippen LogP contribution in [0.3, 0.4) is 0 Å². The van der Waals surface area contributed by atoms with Crippen LogP contribution >= 0.6 is 22.7 Å². The van der Waals surface area contributed by atoms with Crippen molar-refractivity contribution in [3.63, 3.8) is 0 Å². The van der Waals surface area contributed by atoms with E-state index in [4.69, 9.17) is 4.74 Å². The van der Waals surface area contributed by atoms with Gasteiger partial charge in [-0.25, -0.2) is 4.98 Å². The average Bonchev–Trinajstić information content (AvgIpc) is 2.96. The van der Waals surface area contributed by atoms with E-state index in [1.165, 1.54) is 4.88 Å². The van der Waals surface area contributed by atoms with E-state index >= 15 is 0 Å². The molecule has 0 aliphatic heterocycles. The molecular weight excluding hydrogens is 252 g/mol. The minimum Gasteiger partial charge on any atom is -0.383 e. The van der Waals surface area contributed by atoms with Crippen LogP contribution in [0, 0.1) is 6.92 Å². The molecule has 2 aromatic heterocycles. The highest BCUT2D eigenvalue weighted by atomic mass is 32.1. The second-order valence-corrected chi connectivity index (χ2v) is 5.59. The predicted molar refractivity (Wildman–Crippen MR) is 72.9 cm³/mol. The number of nitrogens with zero attached hydrogens (tertiary/aromatic N) is 1. The van der Waals surface area contributed by atoms with Crippen molar-refractivity contribution >= 4 is 22.7 Å². The van der Waals surface area contributed by atoms with E-state index in [9.17, 15) is 0 Å². The van der Waals surface area contributed by atoms with Gasteiger partial charge >= 0.3 is 0 Å². The third kappa shape index (κ3) is 3.35. The van der Waals surface area contributed by atoms with Gasteiger partial charge in [-0.3, -0.25) is 0 Å². The Balaban J connectivity index is 2.13. The van der Waals surface area contributed by atoms with Crippen molar-refractivity contribution in [2.45, 2.75) is 13.0 Å². The Hall–Kier alpha value is -0.750. The highest BCUT2D eigenvalue weighted by molar-refractivity contribution is 7.11. The normalized spacial score (nSPS) is 12.8. The molecule has 3 nitrogen and oxygen atoms in total. The third-order valence-electron chi connectivity index (χ3n) is 2.37. The molecule has 5 heteroatoms. The first kappa shape index (κ1) is 12.7. The number of nitrogens with one attached hydrogen (secondary N) is 1. The Bertz CT molecular complexity index is 439. The molecule has 0 saturated heterocycles. The zero-order valence-electron chi connectivity index (χ0n) is 9.97. The molecule has 0 bridgehead atoms. The zero-order chi connectivity index (χ0) is 12.1. The zero-order valence-corrected chi connectivity index (χ0v) is 11.6. The lowest BCUT2D eigenvalue weighted by molar-refractivity contribution is 0.197. The van der Waals surface area contributed by atoms with Crippen molar-refractivity contribution in [3.05, 3.63) is 38.5 Å². The van der Waals surface area contributed by atoms with Crippen LogP contribution in [0.2, 0.25) is 0 Å². The van der Waals surface area contributed by atoms with Crippen molar-refractivity contribution in [2.75, 3.05) is 20.3 Å². The second kappa shape index (κ2) is 6.26. The molecule has 92 valence electrons. The summed E-state index contributed by atoms with van der Waals surface area (Å²) >= 11 is 3.46. The lowest BCUT2D eigenvalue weighted by Crippen LogP contribution is -2.25. The Labute approximate surface area is 109 Å². The van der Waals surface area contributed by atoms with Crippen molar-refractivity contribution in [1.82, 2.24) is 10.3 Å². The van der Waals surface area contributed by atoms with Gasteiger partial charge in [0.05, 0.1) is 12.6 Å². The molecule has 2 aromatic rings. The lowest BCUT2D eigenvalue weighted by atomic mass is 10.2. The first-order chi connectivity index (χ1) is 8.31. The summed E-state index contributed by atoms with van der Waals surface area (Å²) in [6.07, 6.45) is 0. The number of aromatic nitrogens is 1. The van der Waals surface area contributed by atoms with Gasteiger partial charge in [0.1, 0.15) is 5.01 Å². The van der Waals surface area contributed by atoms with E-state index in [-0.39, 0.29) is 6.04 Å². The lowest BCUT2D eigenvalue weighted by Gasteiger charge is -2.14. The Morgan fingerprint density at radius 2 is 2.35 bits per heavy atom.